The predicted octanol–water partition coefficient (Wildman–Crippen LogP) is 3.79. The number of hydrogen-bond donors (Lipinski definition) is 0. The Hall–Kier alpha value is -1.99. The third-order valence-corrected chi connectivity index (χ3v) is 4.85. The zero-order valence-electron chi connectivity index (χ0n) is 16.6. The van der Waals surface area contributed by atoms with Gasteiger partial charge in [0.2, 0.25) is 0 Å². The zero-order valence-corrected chi connectivity index (χ0v) is 16.6. The number of hydrogen-bond acceptors (Lipinski definition) is 4. The van der Waals surface area contributed by atoms with Crippen LogP contribution < -0.4 is 5.46 Å². The van der Waals surface area contributed by atoms with Crippen LogP contribution in [0, 0.1) is 11.6 Å². The Kier molecular flexibility index (Phi) is 6.27. The van der Waals surface area contributed by atoms with Gasteiger partial charge in [-0.3, -0.25) is 0 Å². The van der Waals surface area contributed by atoms with Gasteiger partial charge in [0.25, 0.3) is 0 Å². The van der Waals surface area contributed by atoms with Crippen LogP contribution in [0.1, 0.15) is 47.1 Å². The monoisotopic (exact) mass is 378 g/mol. The quantitative estimate of drug-likeness (QED) is 0.339. The van der Waals surface area contributed by atoms with E-state index in [0.717, 1.165) is 0 Å². The van der Waals surface area contributed by atoms with Crippen molar-refractivity contribution in [3.05, 3.63) is 47.6 Å². The molecule has 7 heteroatoms. The van der Waals surface area contributed by atoms with Gasteiger partial charge >= 0.3 is 13.1 Å². The molecule has 0 N–H and O–H groups in total. The van der Waals surface area contributed by atoms with Gasteiger partial charge in [-0.2, -0.15) is 0 Å². The highest BCUT2D eigenvalue weighted by molar-refractivity contribution is 6.62. The molecule has 0 saturated carbocycles. The first-order chi connectivity index (χ1) is 12.5. The number of carbonyl (C=O) groups is 1. The minimum absolute atomic E-state index is 0.163. The fraction of sp³-hybridized carbons (Fsp3) is 0.450. The highest BCUT2D eigenvalue weighted by atomic mass is 19.1. The second-order valence-corrected chi connectivity index (χ2v) is 7.41. The van der Waals surface area contributed by atoms with Crippen molar-refractivity contribution in [3.63, 3.8) is 0 Å². The van der Waals surface area contributed by atoms with Crippen molar-refractivity contribution in [1.82, 2.24) is 0 Å². The van der Waals surface area contributed by atoms with Crippen LogP contribution >= 0.6 is 0 Å². The van der Waals surface area contributed by atoms with Gasteiger partial charge in [0.1, 0.15) is 11.6 Å². The lowest BCUT2D eigenvalue weighted by molar-refractivity contribution is -0.137. The van der Waals surface area contributed by atoms with E-state index in [1.807, 2.05) is 27.7 Å². The van der Waals surface area contributed by atoms with Crippen LogP contribution in [0.4, 0.5) is 8.78 Å². The number of carbonyl (C=O) groups excluding carboxylic acids is 1. The van der Waals surface area contributed by atoms with Gasteiger partial charge in [-0.15, -0.1) is 0 Å². The Morgan fingerprint density at radius 1 is 1.15 bits per heavy atom. The molecule has 0 atom stereocenters. The number of allylic oxidation sites excluding steroid dienone is 3. The summed E-state index contributed by atoms with van der Waals surface area (Å²) < 4.78 is 45.6. The summed E-state index contributed by atoms with van der Waals surface area (Å²) in [6.07, 6.45) is 4.04. The summed E-state index contributed by atoms with van der Waals surface area (Å²) in [6, 6.07) is 2.43. The summed E-state index contributed by atoms with van der Waals surface area (Å²) in [7, 11) is -0.846. The maximum absolute atomic E-state index is 14.6. The molecule has 1 heterocycles. The zero-order chi connectivity index (χ0) is 20.4. The molecule has 1 aromatic rings. The summed E-state index contributed by atoms with van der Waals surface area (Å²) in [6.45, 7) is 11.0. The lowest BCUT2D eigenvalue weighted by atomic mass is 9.78. The molecule has 27 heavy (non-hydrogen) atoms. The maximum Gasteiger partial charge on any atom is 0.495 e. The largest absolute Gasteiger partial charge is 0.495 e. The molecule has 0 amide bonds. The molecule has 1 aromatic carbocycles. The third kappa shape index (κ3) is 4.65. The predicted molar refractivity (Wildman–Crippen MR) is 101 cm³/mol. The standard InChI is InChI=1S/C20H25BF2O4/c1-7-25-17(24)10-8-9-13(2)18-15(22)11-14(12-16(18)23)21-26-19(3,4)20(5,6)27-21/h8-12H,7H2,1-6H3/b10-8+,13-9-. The Morgan fingerprint density at radius 3 is 2.15 bits per heavy atom. The van der Waals surface area contributed by atoms with E-state index in [9.17, 15) is 13.6 Å². The second kappa shape index (κ2) is 7.94. The van der Waals surface area contributed by atoms with Crippen LogP contribution in [0.2, 0.25) is 0 Å². The Morgan fingerprint density at radius 2 is 1.67 bits per heavy atom. The van der Waals surface area contributed by atoms with Crippen LogP contribution in [0.5, 0.6) is 0 Å². The number of esters is 1. The van der Waals surface area contributed by atoms with Crippen molar-refractivity contribution >= 4 is 24.1 Å². The third-order valence-electron chi connectivity index (χ3n) is 4.85. The smallest absolute Gasteiger partial charge is 0.463 e. The molecule has 0 radical (unpaired) electrons. The number of rotatable bonds is 5. The first-order valence-corrected chi connectivity index (χ1v) is 8.85. The molecule has 0 unspecified atom stereocenters. The molecule has 146 valence electrons. The summed E-state index contributed by atoms with van der Waals surface area (Å²) in [5.74, 6) is -1.96. The molecule has 1 fully saturated rings. The maximum atomic E-state index is 14.6. The fourth-order valence-electron chi connectivity index (χ4n) is 2.63. The highest BCUT2D eigenvalue weighted by Gasteiger charge is 2.52. The first kappa shape index (κ1) is 21.3. The molecule has 1 aliphatic rings. The van der Waals surface area contributed by atoms with E-state index in [0.29, 0.717) is 5.57 Å². The molecule has 2 rings (SSSR count). The second-order valence-electron chi connectivity index (χ2n) is 7.41. The average molecular weight is 378 g/mol. The molecule has 0 aromatic heterocycles. The van der Waals surface area contributed by atoms with E-state index in [1.54, 1.807) is 13.8 Å². The molecular formula is C20H25BF2O4. The molecule has 0 bridgehead atoms. The van der Waals surface area contributed by atoms with E-state index < -0.39 is 35.9 Å². The van der Waals surface area contributed by atoms with Crippen LogP contribution in [0.3, 0.4) is 0 Å². The van der Waals surface area contributed by atoms with Crippen LogP contribution in [-0.4, -0.2) is 30.9 Å². The van der Waals surface area contributed by atoms with E-state index >= 15 is 0 Å². The minimum Gasteiger partial charge on any atom is -0.463 e. The van der Waals surface area contributed by atoms with Crippen molar-refractivity contribution in [3.8, 4) is 0 Å². The Bertz CT molecular complexity index is 745. The molecular weight excluding hydrogens is 353 g/mol. The van der Waals surface area contributed by atoms with Crippen molar-refractivity contribution < 1.29 is 27.6 Å². The first-order valence-electron chi connectivity index (χ1n) is 8.85. The topological polar surface area (TPSA) is 44.8 Å². The van der Waals surface area contributed by atoms with Crippen LogP contribution in [0.15, 0.2) is 30.4 Å². The van der Waals surface area contributed by atoms with Gasteiger partial charge in [-0.1, -0.05) is 12.2 Å². The summed E-state index contributed by atoms with van der Waals surface area (Å²) in [4.78, 5) is 11.3. The highest BCUT2D eigenvalue weighted by Crippen LogP contribution is 2.36. The molecule has 0 aliphatic carbocycles. The van der Waals surface area contributed by atoms with Crippen molar-refractivity contribution in [2.45, 2.75) is 52.7 Å². The fourth-order valence-corrected chi connectivity index (χ4v) is 2.63. The molecule has 4 nitrogen and oxygen atoms in total. The van der Waals surface area contributed by atoms with Crippen molar-refractivity contribution in [2.75, 3.05) is 6.61 Å². The van der Waals surface area contributed by atoms with E-state index in [4.69, 9.17) is 14.0 Å². The van der Waals surface area contributed by atoms with Gasteiger partial charge in [0.05, 0.1) is 17.8 Å². The number of halogens is 2. The lowest BCUT2D eigenvalue weighted by Crippen LogP contribution is -2.41. The molecule has 1 saturated heterocycles. The Labute approximate surface area is 159 Å². The van der Waals surface area contributed by atoms with Crippen LogP contribution in [0.25, 0.3) is 5.57 Å². The van der Waals surface area contributed by atoms with Gasteiger partial charge in [0.15, 0.2) is 0 Å². The molecule has 1 aliphatic heterocycles. The Balaban J connectivity index is 2.26. The SMILES string of the molecule is CCOC(=O)/C=C/C=C(/C)c1c(F)cc(B2OC(C)(C)C(C)(C)O2)cc1F. The number of benzene rings is 1. The van der Waals surface area contributed by atoms with E-state index in [-0.39, 0.29) is 17.6 Å². The molecule has 0 spiro atoms. The van der Waals surface area contributed by atoms with Gasteiger partial charge in [-0.25, -0.2) is 13.6 Å². The number of ether oxygens (including phenoxy) is 1. The minimum atomic E-state index is -0.846. The lowest BCUT2D eigenvalue weighted by Gasteiger charge is -2.32. The summed E-state index contributed by atoms with van der Waals surface area (Å²) in [5.41, 5.74) is -0.745. The van der Waals surface area contributed by atoms with Gasteiger partial charge < -0.3 is 14.0 Å². The van der Waals surface area contributed by atoms with Crippen LogP contribution in [-0.2, 0) is 18.8 Å². The van der Waals surface area contributed by atoms with Crippen molar-refractivity contribution in [1.29, 1.82) is 0 Å². The summed E-state index contributed by atoms with van der Waals surface area (Å²) in [5, 5.41) is 0. The van der Waals surface area contributed by atoms with Gasteiger partial charge in [0, 0.05) is 11.6 Å². The van der Waals surface area contributed by atoms with Gasteiger partial charge in [-0.05, 0) is 64.7 Å². The average Bonchev–Trinajstić information content (AvgIpc) is 2.75. The van der Waals surface area contributed by atoms with Crippen molar-refractivity contribution in [2.24, 2.45) is 0 Å². The summed E-state index contributed by atoms with van der Waals surface area (Å²) >= 11 is 0. The normalized spacial score (nSPS) is 19.0. The van der Waals surface area contributed by atoms with E-state index in [1.165, 1.54) is 30.4 Å². The van der Waals surface area contributed by atoms with E-state index in [2.05, 4.69) is 0 Å².